The molecule has 1 heteroatoms. The molecule has 1 nitrogen and oxygen atoms in total. The Morgan fingerprint density at radius 3 is 1.08 bits per heavy atom. The maximum Gasteiger partial charge on any atom is 0.0273 e. The SMILES string of the molecule is c1ccc(-c2cccc(-c3ccccc3)c2-c2cccc(-c3c4ccccc4c(-c4cccc(-c5ccncc5)c4)c4ccccc34)c2)cc1. The predicted octanol–water partition coefficient (Wildman–Crippen LogP) is 13.4. The summed E-state index contributed by atoms with van der Waals surface area (Å²) in [6.07, 6.45) is 3.72. The van der Waals surface area contributed by atoms with Gasteiger partial charge < -0.3 is 0 Å². The summed E-state index contributed by atoms with van der Waals surface area (Å²) >= 11 is 0. The second kappa shape index (κ2) is 12.8. The molecule has 0 atom stereocenters. The highest BCUT2D eigenvalue weighted by atomic mass is 14.6. The van der Waals surface area contributed by atoms with Gasteiger partial charge in [0.15, 0.2) is 0 Å². The molecule has 0 saturated carbocycles. The van der Waals surface area contributed by atoms with Crippen LogP contribution < -0.4 is 0 Å². The van der Waals surface area contributed by atoms with E-state index in [4.69, 9.17) is 0 Å². The van der Waals surface area contributed by atoms with Crippen LogP contribution in [-0.4, -0.2) is 4.98 Å². The normalized spacial score (nSPS) is 11.2. The zero-order valence-corrected chi connectivity index (χ0v) is 27.5. The van der Waals surface area contributed by atoms with Crippen molar-refractivity contribution in [2.45, 2.75) is 0 Å². The molecule has 0 fully saturated rings. The van der Waals surface area contributed by atoms with E-state index in [1.807, 2.05) is 12.4 Å². The van der Waals surface area contributed by atoms with Gasteiger partial charge in [-0.3, -0.25) is 4.98 Å². The first kappa shape index (κ1) is 29.6. The van der Waals surface area contributed by atoms with Crippen molar-refractivity contribution in [1.29, 1.82) is 0 Å². The van der Waals surface area contributed by atoms with Crippen molar-refractivity contribution in [3.63, 3.8) is 0 Å². The van der Waals surface area contributed by atoms with Gasteiger partial charge in [0.2, 0.25) is 0 Å². The van der Waals surface area contributed by atoms with Crippen molar-refractivity contribution in [3.05, 3.63) is 200 Å². The molecule has 0 spiro atoms. The van der Waals surface area contributed by atoms with Gasteiger partial charge in [0, 0.05) is 12.4 Å². The predicted molar refractivity (Wildman–Crippen MR) is 212 cm³/mol. The van der Waals surface area contributed by atoms with Crippen LogP contribution in [0.1, 0.15) is 0 Å². The van der Waals surface area contributed by atoms with Gasteiger partial charge in [0.1, 0.15) is 0 Å². The summed E-state index contributed by atoms with van der Waals surface area (Å²) in [4.78, 5) is 4.24. The second-order valence-electron chi connectivity index (χ2n) is 12.7. The summed E-state index contributed by atoms with van der Waals surface area (Å²) in [6.45, 7) is 0. The van der Waals surface area contributed by atoms with Crippen LogP contribution in [0.25, 0.3) is 88.3 Å². The average Bonchev–Trinajstić information content (AvgIpc) is 3.20. The molecule has 9 rings (SSSR count). The van der Waals surface area contributed by atoms with Gasteiger partial charge in [-0.15, -0.1) is 0 Å². The molecule has 0 amide bonds. The van der Waals surface area contributed by atoms with Crippen molar-refractivity contribution in [2.75, 3.05) is 0 Å². The van der Waals surface area contributed by atoms with E-state index >= 15 is 0 Å². The fourth-order valence-corrected chi connectivity index (χ4v) is 7.56. The Morgan fingerprint density at radius 1 is 0.240 bits per heavy atom. The second-order valence-corrected chi connectivity index (χ2v) is 12.7. The standard InChI is InChI=1S/C49H33N/c1-3-14-35(15-4-1)41-26-13-27-42(36-16-5-2-6-17-36)47(41)39-20-12-21-40(33-39)49-45-24-9-7-22-43(45)48(44-23-8-10-25-46(44)49)38-19-11-18-37(32-38)34-28-30-50-31-29-34/h1-33H. The first-order valence-electron chi connectivity index (χ1n) is 17.1. The van der Waals surface area contributed by atoms with Gasteiger partial charge in [0.25, 0.3) is 0 Å². The first-order chi connectivity index (χ1) is 24.8. The van der Waals surface area contributed by atoms with Crippen LogP contribution in [0.3, 0.4) is 0 Å². The molecule has 9 aromatic rings. The number of hydrogen-bond donors (Lipinski definition) is 0. The highest BCUT2D eigenvalue weighted by Crippen LogP contribution is 2.46. The zero-order valence-electron chi connectivity index (χ0n) is 27.5. The molecule has 234 valence electrons. The summed E-state index contributed by atoms with van der Waals surface area (Å²) in [5.74, 6) is 0. The monoisotopic (exact) mass is 635 g/mol. The van der Waals surface area contributed by atoms with E-state index < -0.39 is 0 Å². The third kappa shape index (κ3) is 5.26. The van der Waals surface area contributed by atoms with Crippen LogP contribution in [0.2, 0.25) is 0 Å². The Balaban J connectivity index is 1.29. The number of rotatable bonds is 6. The van der Waals surface area contributed by atoms with Gasteiger partial charge in [-0.2, -0.15) is 0 Å². The van der Waals surface area contributed by atoms with E-state index in [0.29, 0.717) is 0 Å². The van der Waals surface area contributed by atoms with Crippen molar-refractivity contribution >= 4 is 21.5 Å². The Hall–Kier alpha value is -6.57. The minimum absolute atomic E-state index is 1.16. The highest BCUT2D eigenvalue weighted by molar-refractivity contribution is 6.21. The smallest absolute Gasteiger partial charge is 0.0273 e. The van der Waals surface area contributed by atoms with Crippen molar-refractivity contribution in [3.8, 4) is 66.8 Å². The zero-order chi connectivity index (χ0) is 33.3. The van der Waals surface area contributed by atoms with Crippen LogP contribution in [0.5, 0.6) is 0 Å². The number of hydrogen-bond acceptors (Lipinski definition) is 1. The number of nitrogens with zero attached hydrogens (tertiary/aromatic N) is 1. The van der Waals surface area contributed by atoms with E-state index in [2.05, 4.69) is 193 Å². The summed E-state index contributed by atoms with van der Waals surface area (Å²) in [5.41, 5.74) is 14.6. The maximum absolute atomic E-state index is 4.24. The largest absolute Gasteiger partial charge is 0.265 e. The van der Waals surface area contributed by atoms with Crippen LogP contribution in [-0.2, 0) is 0 Å². The average molecular weight is 636 g/mol. The van der Waals surface area contributed by atoms with Gasteiger partial charge in [-0.1, -0.05) is 164 Å². The van der Waals surface area contributed by atoms with Crippen molar-refractivity contribution in [2.24, 2.45) is 0 Å². The Kier molecular flexibility index (Phi) is 7.57. The third-order valence-corrected chi connectivity index (χ3v) is 9.77. The van der Waals surface area contributed by atoms with Crippen molar-refractivity contribution < 1.29 is 0 Å². The molecule has 0 aliphatic carbocycles. The molecule has 8 aromatic carbocycles. The molecule has 1 aromatic heterocycles. The first-order valence-corrected chi connectivity index (χ1v) is 17.1. The minimum Gasteiger partial charge on any atom is -0.265 e. The molecule has 0 saturated heterocycles. The lowest BCUT2D eigenvalue weighted by Gasteiger charge is -2.20. The minimum atomic E-state index is 1.16. The molecule has 0 unspecified atom stereocenters. The van der Waals surface area contributed by atoms with Gasteiger partial charge >= 0.3 is 0 Å². The molecule has 0 aliphatic heterocycles. The molecule has 0 radical (unpaired) electrons. The Bertz CT molecular complexity index is 2510. The Labute approximate surface area is 292 Å². The van der Waals surface area contributed by atoms with E-state index in [-0.39, 0.29) is 0 Å². The molecular weight excluding hydrogens is 603 g/mol. The number of fused-ring (bicyclic) bond motifs is 2. The summed E-state index contributed by atoms with van der Waals surface area (Å²) in [6, 6.07) is 68.2. The number of aromatic nitrogens is 1. The Morgan fingerprint density at radius 2 is 0.600 bits per heavy atom. The lowest BCUT2D eigenvalue weighted by molar-refractivity contribution is 1.33. The topological polar surface area (TPSA) is 12.9 Å². The lowest BCUT2D eigenvalue weighted by Crippen LogP contribution is -1.93. The fraction of sp³-hybridized carbons (Fsp3) is 0. The number of pyridine rings is 1. The molecule has 0 aliphatic rings. The van der Waals surface area contributed by atoms with Gasteiger partial charge in [0.05, 0.1) is 0 Å². The third-order valence-electron chi connectivity index (χ3n) is 9.77. The quantitative estimate of drug-likeness (QED) is 0.166. The van der Waals surface area contributed by atoms with E-state index in [1.165, 1.54) is 82.7 Å². The van der Waals surface area contributed by atoms with Crippen LogP contribution in [0, 0.1) is 0 Å². The van der Waals surface area contributed by atoms with Gasteiger partial charge in [-0.25, -0.2) is 0 Å². The number of benzene rings is 8. The van der Waals surface area contributed by atoms with E-state index in [1.54, 1.807) is 0 Å². The molecule has 1 heterocycles. The summed E-state index contributed by atoms with van der Waals surface area (Å²) < 4.78 is 0. The van der Waals surface area contributed by atoms with E-state index in [9.17, 15) is 0 Å². The summed E-state index contributed by atoms with van der Waals surface area (Å²) in [7, 11) is 0. The van der Waals surface area contributed by atoms with Gasteiger partial charge in [-0.05, 0) is 113 Å². The maximum atomic E-state index is 4.24. The van der Waals surface area contributed by atoms with Crippen molar-refractivity contribution in [1.82, 2.24) is 4.98 Å². The lowest BCUT2D eigenvalue weighted by atomic mass is 9.83. The molecule has 50 heavy (non-hydrogen) atoms. The van der Waals surface area contributed by atoms with Crippen LogP contribution in [0.15, 0.2) is 200 Å². The molecular formula is C49H33N. The fourth-order valence-electron chi connectivity index (χ4n) is 7.56. The molecule has 0 N–H and O–H groups in total. The van der Waals surface area contributed by atoms with E-state index in [0.717, 1.165) is 5.56 Å². The van der Waals surface area contributed by atoms with Crippen LogP contribution >= 0.6 is 0 Å². The highest BCUT2D eigenvalue weighted by Gasteiger charge is 2.19. The van der Waals surface area contributed by atoms with Crippen LogP contribution in [0.4, 0.5) is 0 Å². The molecule has 0 bridgehead atoms. The summed E-state index contributed by atoms with van der Waals surface area (Å²) in [5, 5.41) is 4.97.